The van der Waals surface area contributed by atoms with E-state index in [0.717, 1.165) is 17.6 Å². The van der Waals surface area contributed by atoms with Crippen LogP contribution in [0.4, 0.5) is 0 Å². The fourth-order valence-corrected chi connectivity index (χ4v) is 3.33. The summed E-state index contributed by atoms with van der Waals surface area (Å²) in [6.45, 7) is 10.7. The molecule has 1 amide bonds. The first-order valence-corrected chi connectivity index (χ1v) is 6.51. The first-order valence-electron chi connectivity index (χ1n) is 6.51. The Labute approximate surface area is 99.0 Å². The maximum Gasteiger partial charge on any atom is 0.225 e. The monoisotopic (exact) mass is 225 g/mol. The number of amides is 1. The van der Waals surface area contributed by atoms with Gasteiger partial charge >= 0.3 is 0 Å². The number of hydrogen-bond donors (Lipinski definition) is 0. The van der Waals surface area contributed by atoms with Crippen molar-refractivity contribution in [2.45, 2.75) is 52.2 Å². The zero-order valence-corrected chi connectivity index (χ0v) is 11.2. The van der Waals surface area contributed by atoms with E-state index >= 15 is 0 Å². The van der Waals surface area contributed by atoms with E-state index in [1.165, 1.54) is 6.42 Å². The van der Waals surface area contributed by atoms with E-state index in [4.69, 9.17) is 0 Å². The molecule has 2 aliphatic rings. The van der Waals surface area contributed by atoms with Gasteiger partial charge < -0.3 is 9.38 Å². The quantitative estimate of drug-likeness (QED) is 0.652. The standard InChI is InChI=1S/C13H25N2O/c1-9(2)13(16)14-7-12-6-11(14)8-15(12,5)10(3)4/h9-12H,6-8H2,1-5H3/q+1. The van der Waals surface area contributed by atoms with Gasteiger partial charge in [0, 0.05) is 12.3 Å². The third-order valence-electron chi connectivity index (χ3n) is 4.79. The number of piperazine rings is 1. The average Bonchev–Trinajstić information content (AvgIpc) is 2.73. The second kappa shape index (κ2) is 3.73. The van der Waals surface area contributed by atoms with E-state index in [1.54, 1.807) is 0 Å². The third kappa shape index (κ3) is 1.56. The molecule has 3 nitrogen and oxygen atoms in total. The molecule has 3 unspecified atom stereocenters. The maximum absolute atomic E-state index is 12.0. The van der Waals surface area contributed by atoms with Gasteiger partial charge in [-0.1, -0.05) is 13.8 Å². The maximum atomic E-state index is 12.0. The van der Waals surface area contributed by atoms with Crippen molar-refractivity contribution < 1.29 is 9.28 Å². The van der Waals surface area contributed by atoms with Crippen molar-refractivity contribution in [2.24, 2.45) is 5.92 Å². The minimum atomic E-state index is 0.150. The zero-order valence-electron chi connectivity index (χ0n) is 11.2. The molecular formula is C13H25N2O+. The first kappa shape index (κ1) is 11.9. The van der Waals surface area contributed by atoms with Gasteiger partial charge in [-0.25, -0.2) is 0 Å². The molecule has 2 saturated heterocycles. The van der Waals surface area contributed by atoms with Crippen LogP contribution in [0.3, 0.4) is 0 Å². The molecule has 16 heavy (non-hydrogen) atoms. The highest BCUT2D eigenvalue weighted by Gasteiger charge is 2.55. The molecule has 2 aliphatic heterocycles. The SMILES string of the molecule is CC(C)C(=O)N1CC2CC1C[N+]2(C)C(C)C. The normalized spacial score (nSPS) is 37.8. The average molecular weight is 225 g/mol. The lowest BCUT2D eigenvalue weighted by molar-refractivity contribution is -0.944. The number of nitrogens with zero attached hydrogens (tertiary/aromatic N) is 2. The summed E-state index contributed by atoms with van der Waals surface area (Å²) in [4.78, 5) is 14.2. The largest absolute Gasteiger partial charge is 0.328 e. The smallest absolute Gasteiger partial charge is 0.225 e. The van der Waals surface area contributed by atoms with E-state index in [2.05, 4.69) is 25.8 Å². The van der Waals surface area contributed by atoms with Crippen LogP contribution >= 0.6 is 0 Å². The Morgan fingerprint density at radius 2 is 1.94 bits per heavy atom. The van der Waals surface area contributed by atoms with Gasteiger partial charge in [0.1, 0.15) is 6.04 Å². The molecule has 0 N–H and O–H groups in total. The van der Waals surface area contributed by atoms with Crippen LogP contribution in [0.25, 0.3) is 0 Å². The minimum Gasteiger partial charge on any atom is -0.328 e. The predicted octanol–water partition coefficient (Wildman–Crippen LogP) is 1.48. The van der Waals surface area contributed by atoms with Crippen LogP contribution in [0.15, 0.2) is 0 Å². The summed E-state index contributed by atoms with van der Waals surface area (Å²) < 4.78 is 1.16. The van der Waals surface area contributed by atoms with Crippen LogP contribution in [0.5, 0.6) is 0 Å². The Kier molecular flexibility index (Phi) is 2.77. The van der Waals surface area contributed by atoms with Crippen molar-refractivity contribution in [3.63, 3.8) is 0 Å². The highest BCUT2D eigenvalue weighted by molar-refractivity contribution is 5.79. The van der Waals surface area contributed by atoms with Crippen LogP contribution in [-0.2, 0) is 4.79 Å². The summed E-state index contributed by atoms with van der Waals surface area (Å²) in [6, 6.07) is 1.85. The molecule has 0 aromatic rings. The molecule has 3 heteroatoms. The van der Waals surface area contributed by atoms with Crippen molar-refractivity contribution in [2.75, 3.05) is 20.1 Å². The number of carbonyl (C=O) groups is 1. The highest BCUT2D eigenvalue weighted by atomic mass is 16.2. The van der Waals surface area contributed by atoms with Gasteiger partial charge in [-0.2, -0.15) is 0 Å². The summed E-state index contributed by atoms with van der Waals surface area (Å²) >= 11 is 0. The topological polar surface area (TPSA) is 20.3 Å². The number of quaternary nitrogens is 1. The van der Waals surface area contributed by atoms with Crippen LogP contribution < -0.4 is 0 Å². The van der Waals surface area contributed by atoms with Crippen LogP contribution in [0.1, 0.15) is 34.1 Å². The second-order valence-corrected chi connectivity index (χ2v) is 6.31. The van der Waals surface area contributed by atoms with Gasteiger partial charge in [0.2, 0.25) is 5.91 Å². The molecule has 0 saturated carbocycles. The number of likely N-dealkylation sites (N-methyl/N-ethyl adjacent to an activating group) is 1. The molecule has 2 heterocycles. The van der Waals surface area contributed by atoms with E-state index in [0.29, 0.717) is 24.0 Å². The van der Waals surface area contributed by atoms with Crippen molar-refractivity contribution in [1.29, 1.82) is 0 Å². The number of fused-ring (bicyclic) bond motifs is 2. The number of rotatable bonds is 2. The van der Waals surface area contributed by atoms with Gasteiger partial charge in [0.05, 0.1) is 32.2 Å². The Morgan fingerprint density at radius 1 is 1.31 bits per heavy atom. The lowest BCUT2D eigenvalue weighted by Gasteiger charge is -2.45. The summed E-state index contributed by atoms with van der Waals surface area (Å²) in [5.41, 5.74) is 0. The highest BCUT2D eigenvalue weighted by Crippen LogP contribution is 2.38. The molecule has 92 valence electrons. The first-order chi connectivity index (χ1) is 7.36. The molecule has 2 fully saturated rings. The Hall–Kier alpha value is -0.570. The summed E-state index contributed by atoms with van der Waals surface area (Å²) in [7, 11) is 2.35. The fourth-order valence-electron chi connectivity index (χ4n) is 3.33. The van der Waals surface area contributed by atoms with E-state index in [9.17, 15) is 4.79 Å². The van der Waals surface area contributed by atoms with Crippen molar-refractivity contribution in [3.05, 3.63) is 0 Å². The number of carbonyl (C=O) groups excluding carboxylic acids is 1. The molecule has 0 aliphatic carbocycles. The van der Waals surface area contributed by atoms with Gasteiger partial charge in [0.25, 0.3) is 0 Å². The predicted molar refractivity (Wildman–Crippen MR) is 64.9 cm³/mol. The minimum absolute atomic E-state index is 0.150. The second-order valence-electron chi connectivity index (χ2n) is 6.31. The molecule has 2 rings (SSSR count). The van der Waals surface area contributed by atoms with Gasteiger partial charge in [-0.3, -0.25) is 4.79 Å². The Bertz CT molecular complexity index is 300. The molecule has 0 aromatic heterocycles. The van der Waals surface area contributed by atoms with Crippen molar-refractivity contribution >= 4 is 5.91 Å². The van der Waals surface area contributed by atoms with Gasteiger partial charge in [0.15, 0.2) is 0 Å². The van der Waals surface area contributed by atoms with E-state index < -0.39 is 0 Å². The summed E-state index contributed by atoms with van der Waals surface area (Å²) in [5.74, 6) is 0.500. The molecule has 0 aromatic carbocycles. The Balaban J connectivity index is 2.09. The van der Waals surface area contributed by atoms with E-state index in [1.807, 2.05) is 13.8 Å². The number of likely N-dealkylation sites (tertiary alicyclic amines) is 2. The number of hydrogen-bond acceptors (Lipinski definition) is 1. The van der Waals surface area contributed by atoms with Crippen LogP contribution in [-0.4, -0.2) is 53.6 Å². The van der Waals surface area contributed by atoms with Crippen molar-refractivity contribution in [3.8, 4) is 0 Å². The van der Waals surface area contributed by atoms with Gasteiger partial charge in [-0.05, 0) is 13.8 Å². The van der Waals surface area contributed by atoms with Gasteiger partial charge in [-0.15, -0.1) is 0 Å². The van der Waals surface area contributed by atoms with Crippen LogP contribution in [0.2, 0.25) is 0 Å². The zero-order chi connectivity index (χ0) is 12.1. The summed E-state index contributed by atoms with van der Waals surface area (Å²) in [6.07, 6.45) is 1.22. The molecule has 2 bridgehead atoms. The molecule has 0 radical (unpaired) electrons. The van der Waals surface area contributed by atoms with Crippen LogP contribution in [0, 0.1) is 5.92 Å². The third-order valence-corrected chi connectivity index (χ3v) is 4.79. The molecule has 3 atom stereocenters. The Morgan fingerprint density at radius 3 is 2.31 bits per heavy atom. The van der Waals surface area contributed by atoms with E-state index in [-0.39, 0.29) is 5.92 Å². The lowest BCUT2D eigenvalue weighted by Crippen LogP contribution is -2.61. The fraction of sp³-hybridized carbons (Fsp3) is 0.923. The lowest BCUT2D eigenvalue weighted by atomic mass is 10.1. The summed E-state index contributed by atoms with van der Waals surface area (Å²) in [5, 5.41) is 0. The molecule has 0 spiro atoms. The molecular weight excluding hydrogens is 200 g/mol. The van der Waals surface area contributed by atoms with Crippen molar-refractivity contribution in [1.82, 2.24) is 4.90 Å².